The number of rotatable bonds is 1. The molecule has 2 aromatic rings. The van der Waals surface area contributed by atoms with E-state index in [4.69, 9.17) is 16.3 Å². The maximum Gasteiger partial charge on any atom is 0.194 e. The predicted octanol–water partition coefficient (Wildman–Crippen LogP) is 3.56. The van der Waals surface area contributed by atoms with Crippen molar-refractivity contribution in [1.82, 2.24) is 0 Å². The average molecular weight is 245 g/mol. The summed E-state index contributed by atoms with van der Waals surface area (Å²) in [5, 5.41) is 0.639. The summed E-state index contributed by atoms with van der Waals surface area (Å²) in [6, 6.07) is 10.9. The van der Waals surface area contributed by atoms with Gasteiger partial charge in [0.25, 0.3) is 0 Å². The molecule has 0 fully saturated rings. The van der Waals surface area contributed by atoms with Crippen LogP contribution in [0.5, 0.6) is 5.75 Å². The standard InChI is InChI=1S/C14H9ClO2/c1-17-9-3-5-10-12-6-8(15)2-4-11(12)14(16)13(10)7-9/h2-7H,1H3. The third-order valence-corrected chi connectivity index (χ3v) is 3.22. The molecule has 0 N–H and O–H groups in total. The maximum absolute atomic E-state index is 12.2. The Bertz CT molecular complexity index is 632. The van der Waals surface area contributed by atoms with E-state index in [2.05, 4.69) is 0 Å². The first-order valence-electron chi connectivity index (χ1n) is 5.23. The number of halogens is 1. The number of carbonyl (C=O) groups excluding carboxylic acids is 1. The van der Waals surface area contributed by atoms with Crippen molar-refractivity contribution in [3.05, 3.63) is 52.5 Å². The Morgan fingerprint density at radius 2 is 1.71 bits per heavy atom. The van der Waals surface area contributed by atoms with Crippen molar-refractivity contribution in [2.45, 2.75) is 0 Å². The highest BCUT2D eigenvalue weighted by Crippen LogP contribution is 2.39. The van der Waals surface area contributed by atoms with E-state index in [0.717, 1.165) is 11.1 Å². The lowest BCUT2D eigenvalue weighted by atomic mass is 10.1. The highest BCUT2D eigenvalue weighted by atomic mass is 35.5. The molecule has 0 radical (unpaired) electrons. The zero-order valence-corrected chi connectivity index (χ0v) is 9.91. The van der Waals surface area contributed by atoms with Gasteiger partial charge in [-0.1, -0.05) is 11.6 Å². The zero-order valence-electron chi connectivity index (χ0n) is 9.16. The fourth-order valence-electron chi connectivity index (χ4n) is 2.16. The summed E-state index contributed by atoms with van der Waals surface area (Å²) in [4.78, 5) is 12.2. The first-order chi connectivity index (χ1) is 8.20. The van der Waals surface area contributed by atoms with Gasteiger partial charge in [0.1, 0.15) is 5.75 Å². The van der Waals surface area contributed by atoms with E-state index < -0.39 is 0 Å². The zero-order chi connectivity index (χ0) is 12.0. The van der Waals surface area contributed by atoms with Gasteiger partial charge in [-0.05, 0) is 47.5 Å². The summed E-state index contributed by atoms with van der Waals surface area (Å²) in [5.74, 6) is 0.724. The predicted molar refractivity (Wildman–Crippen MR) is 66.9 cm³/mol. The summed E-state index contributed by atoms with van der Waals surface area (Å²) >= 11 is 5.96. The number of ketones is 1. The average Bonchev–Trinajstić information content (AvgIpc) is 2.62. The molecule has 0 bridgehead atoms. The minimum atomic E-state index is 0.0329. The van der Waals surface area contributed by atoms with Gasteiger partial charge >= 0.3 is 0 Å². The van der Waals surface area contributed by atoms with Crippen molar-refractivity contribution in [1.29, 1.82) is 0 Å². The van der Waals surface area contributed by atoms with Gasteiger partial charge in [0.05, 0.1) is 7.11 Å². The van der Waals surface area contributed by atoms with E-state index in [0.29, 0.717) is 21.9 Å². The first-order valence-corrected chi connectivity index (χ1v) is 5.61. The van der Waals surface area contributed by atoms with Crippen LogP contribution in [0.4, 0.5) is 0 Å². The van der Waals surface area contributed by atoms with Crippen molar-refractivity contribution >= 4 is 17.4 Å². The van der Waals surface area contributed by atoms with E-state index in [1.807, 2.05) is 18.2 Å². The quantitative estimate of drug-likeness (QED) is 0.654. The molecular weight excluding hydrogens is 236 g/mol. The summed E-state index contributed by atoms with van der Waals surface area (Å²) in [6.07, 6.45) is 0. The molecule has 0 amide bonds. The first kappa shape index (κ1) is 10.4. The Balaban J connectivity index is 2.28. The number of methoxy groups -OCH3 is 1. The molecule has 3 heteroatoms. The van der Waals surface area contributed by atoms with Crippen molar-refractivity contribution in [3.63, 3.8) is 0 Å². The summed E-state index contributed by atoms with van der Waals surface area (Å²) < 4.78 is 5.13. The van der Waals surface area contributed by atoms with Crippen molar-refractivity contribution < 1.29 is 9.53 Å². The lowest BCUT2D eigenvalue weighted by Crippen LogP contribution is -1.95. The van der Waals surface area contributed by atoms with Crippen LogP contribution in [0.25, 0.3) is 11.1 Å². The van der Waals surface area contributed by atoms with Gasteiger partial charge in [0.2, 0.25) is 0 Å². The normalized spacial score (nSPS) is 12.2. The fraction of sp³-hybridized carbons (Fsp3) is 0.0714. The van der Waals surface area contributed by atoms with Gasteiger partial charge in [-0.3, -0.25) is 4.79 Å². The van der Waals surface area contributed by atoms with Gasteiger partial charge in [-0.25, -0.2) is 0 Å². The molecule has 2 aromatic carbocycles. The van der Waals surface area contributed by atoms with Crippen molar-refractivity contribution in [3.8, 4) is 16.9 Å². The molecule has 2 nitrogen and oxygen atoms in total. The second-order valence-corrected chi connectivity index (χ2v) is 4.37. The van der Waals surface area contributed by atoms with Crippen LogP contribution in [-0.2, 0) is 0 Å². The molecule has 0 saturated heterocycles. The van der Waals surface area contributed by atoms with Gasteiger partial charge in [-0.15, -0.1) is 0 Å². The van der Waals surface area contributed by atoms with E-state index in [1.54, 1.807) is 25.3 Å². The molecule has 1 aliphatic rings. The van der Waals surface area contributed by atoms with E-state index in [9.17, 15) is 4.79 Å². The molecule has 0 aromatic heterocycles. The smallest absolute Gasteiger partial charge is 0.194 e. The Morgan fingerprint density at radius 1 is 0.941 bits per heavy atom. The lowest BCUT2D eigenvalue weighted by molar-refractivity contribution is 0.104. The number of hydrogen-bond acceptors (Lipinski definition) is 2. The van der Waals surface area contributed by atoms with Crippen LogP contribution in [-0.4, -0.2) is 12.9 Å². The van der Waals surface area contributed by atoms with Crippen LogP contribution in [0.15, 0.2) is 36.4 Å². The van der Waals surface area contributed by atoms with Crippen LogP contribution < -0.4 is 4.74 Å². The van der Waals surface area contributed by atoms with Crippen LogP contribution in [0, 0.1) is 0 Å². The van der Waals surface area contributed by atoms with Gasteiger partial charge in [0.15, 0.2) is 5.78 Å². The summed E-state index contributed by atoms with van der Waals surface area (Å²) in [7, 11) is 1.59. The minimum Gasteiger partial charge on any atom is -0.497 e. The fourth-order valence-corrected chi connectivity index (χ4v) is 2.33. The third kappa shape index (κ3) is 1.45. The Morgan fingerprint density at radius 3 is 2.47 bits per heavy atom. The van der Waals surface area contributed by atoms with E-state index in [-0.39, 0.29) is 5.78 Å². The number of benzene rings is 2. The molecule has 0 heterocycles. The molecule has 0 spiro atoms. The minimum absolute atomic E-state index is 0.0329. The lowest BCUT2D eigenvalue weighted by Gasteiger charge is -2.02. The van der Waals surface area contributed by atoms with Gasteiger partial charge < -0.3 is 4.74 Å². The molecule has 0 unspecified atom stereocenters. The number of ether oxygens (including phenoxy) is 1. The largest absolute Gasteiger partial charge is 0.497 e. The Hall–Kier alpha value is -1.80. The number of fused-ring (bicyclic) bond motifs is 3. The third-order valence-electron chi connectivity index (χ3n) is 2.99. The molecule has 0 atom stereocenters. The van der Waals surface area contributed by atoms with Gasteiger partial charge in [0, 0.05) is 16.1 Å². The maximum atomic E-state index is 12.2. The van der Waals surface area contributed by atoms with Gasteiger partial charge in [-0.2, -0.15) is 0 Å². The molecule has 1 aliphatic carbocycles. The van der Waals surface area contributed by atoms with E-state index in [1.165, 1.54) is 0 Å². The highest BCUT2D eigenvalue weighted by molar-refractivity contribution is 6.32. The van der Waals surface area contributed by atoms with Crippen molar-refractivity contribution in [2.75, 3.05) is 7.11 Å². The number of hydrogen-bond donors (Lipinski definition) is 0. The Labute approximate surface area is 104 Å². The molecule has 17 heavy (non-hydrogen) atoms. The summed E-state index contributed by atoms with van der Waals surface area (Å²) in [6.45, 7) is 0. The van der Waals surface area contributed by atoms with Crippen LogP contribution in [0.3, 0.4) is 0 Å². The van der Waals surface area contributed by atoms with E-state index >= 15 is 0 Å². The topological polar surface area (TPSA) is 26.3 Å². The monoisotopic (exact) mass is 244 g/mol. The molecule has 3 rings (SSSR count). The second-order valence-electron chi connectivity index (χ2n) is 3.93. The van der Waals surface area contributed by atoms with Crippen molar-refractivity contribution in [2.24, 2.45) is 0 Å². The number of carbonyl (C=O) groups is 1. The second kappa shape index (κ2) is 3.60. The Kier molecular flexibility index (Phi) is 2.20. The SMILES string of the molecule is COc1ccc2c(c1)C(=O)c1ccc(Cl)cc1-2. The molecule has 0 saturated carbocycles. The highest BCUT2D eigenvalue weighted by Gasteiger charge is 2.26. The molecular formula is C14H9ClO2. The molecule has 84 valence electrons. The molecule has 0 aliphatic heterocycles. The van der Waals surface area contributed by atoms with Crippen LogP contribution >= 0.6 is 11.6 Å². The van der Waals surface area contributed by atoms with Crippen LogP contribution in [0.1, 0.15) is 15.9 Å². The summed E-state index contributed by atoms with van der Waals surface area (Å²) in [5.41, 5.74) is 3.22. The van der Waals surface area contributed by atoms with Crippen LogP contribution in [0.2, 0.25) is 5.02 Å².